The topological polar surface area (TPSA) is 73.7 Å². The predicted octanol–water partition coefficient (Wildman–Crippen LogP) is 3.07. The number of carbonyl (C=O) groups excluding carboxylic acids is 2. The lowest BCUT2D eigenvalue weighted by Gasteiger charge is -2.26. The molecule has 0 bridgehead atoms. The molecule has 0 saturated carbocycles. The van der Waals surface area contributed by atoms with Crippen LogP contribution >= 0.6 is 0 Å². The number of hydrogen-bond acceptors (Lipinski definition) is 5. The summed E-state index contributed by atoms with van der Waals surface area (Å²) in [7, 11) is 3.93. The van der Waals surface area contributed by atoms with Crippen LogP contribution in [0.3, 0.4) is 0 Å². The molecule has 3 rings (SSSR count). The zero-order valence-corrected chi connectivity index (χ0v) is 17.3. The minimum absolute atomic E-state index is 0.124. The second-order valence-corrected chi connectivity index (χ2v) is 7.75. The molecule has 6 heteroatoms. The maximum Gasteiger partial charge on any atom is 0.295 e. The molecular weight excluding hydrogens is 366 g/mol. The van der Waals surface area contributed by atoms with Crippen molar-refractivity contribution in [2.75, 3.05) is 27.2 Å². The van der Waals surface area contributed by atoms with Gasteiger partial charge in [0.05, 0.1) is 11.6 Å². The van der Waals surface area contributed by atoms with E-state index in [0.717, 1.165) is 29.7 Å². The van der Waals surface area contributed by atoms with Crippen LogP contribution in [-0.4, -0.2) is 58.8 Å². The van der Waals surface area contributed by atoms with Crippen molar-refractivity contribution < 1.29 is 14.7 Å². The molecule has 1 aromatic heterocycles. The van der Waals surface area contributed by atoms with Crippen molar-refractivity contribution >= 4 is 17.4 Å². The summed E-state index contributed by atoms with van der Waals surface area (Å²) >= 11 is 0. The van der Waals surface area contributed by atoms with E-state index in [9.17, 15) is 14.7 Å². The Hall–Kier alpha value is -2.99. The summed E-state index contributed by atoms with van der Waals surface area (Å²) in [5.74, 6) is -1.34. The van der Waals surface area contributed by atoms with Gasteiger partial charge in [0.1, 0.15) is 5.76 Å². The molecule has 29 heavy (non-hydrogen) atoms. The molecule has 2 heterocycles. The lowest BCUT2D eigenvalue weighted by atomic mass is 9.93. The summed E-state index contributed by atoms with van der Waals surface area (Å²) in [5, 5.41) is 11.1. The first-order valence-corrected chi connectivity index (χ1v) is 9.72. The second kappa shape index (κ2) is 8.57. The fraction of sp³-hybridized carbons (Fsp3) is 0.348. The molecule has 1 fully saturated rings. The number of pyridine rings is 1. The summed E-state index contributed by atoms with van der Waals surface area (Å²) in [6, 6.07) is 8.64. The second-order valence-electron chi connectivity index (χ2n) is 7.75. The van der Waals surface area contributed by atoms with E-state index in [1.807, 2.05) is 51.0 Å². The molecule has 0 aliphatic carbocycles. The number of Topliss-reactive ketones (excluding diaryl/α,β-unsaturated/α-hetero) is 1. The number of rotatable bonds is 6. The van der Waals surface area contributed by atoms with Crippen LogP contribution in [0, 0.1) is 13.8 Å². The van der Waals surface area contributed by atoms with E-state index in [-0.39, 0.29) is 11.3 Å². The number of ketones is 1. The average molecular weight is 393 g/mol. The number of aryl methyl sites for hydroxylation is 2. The molecule has 1 aromatic carbocycles. The molecule has 152 valence electrons. The highest BCUT2D eigenvalue weighted by Crippen LogP contribution is 2.39. The zero-order valence-electron chi connectivity index (χ0n) is 17.3. The van der Waals surface area contributed by atoms with Crippen LogP contribution in [0.1, 0.15) is 34.7 Å². The zero-order chi connectivity index (χ0) is 21.1. The van der Waals surface area contributed by atoms with Crippen LogP contribution in [0.2, 0.25) is 0 Å². The number of hydrogen-bond donors (Lipinski definition) is 1. The standard InChI is InChI=1S/C23H27N3O3/c1-15-6-7-16(2)18(14-15)21(27)19-20(17-8-10-24-11-9-17)26(23(29)22(19)28)13-5-12-25(3)4/h6-11,14,20,27H,5,12-13H2,1-4H3. The number of amides is 1. The molecule has 2 aromatic rings. The molecule has 0 radical (unpaired) electrons. The number of nitrogens with zero attached hydrogens (tertiary/aromatic N) is 3. The lowest BCUT2D eigenvalue weighted by Crippen LogP contribution is -2.32. The van der Waals surface area contributed by atoms with Gasteiger partial charge in [-0.1, -0.05) is 17.7 Å². The Bertz CT molecular complexity index is 951. The first-order valence-electron chi connectivity index (χ1n) is 9.72. The van der Waals surface area contributed by atoms with E-state index in [1.54, 1.807) is 29.4 Å². The van der Waals surface area contributed by atoms with Crippen molar-refractivity contribution in [3.8, 4) is 0 Å². The fourth-order valence-corrected chi connectivity index (χ4v) is 3.70. The number of aliphatic hydroxyl groups excluding tert-OH is 1. The number of aliphatic hydroxyl groups is 1. The Balaban J connectivity index is 2.12. The summed E-state index contributed by atoms with van der Waals surface area (Å²) in [6.07, 6.45) is 3.99. The molecular formula is C23H27N3O3. The third-order valence-corrected chi connectivity index (χ3v) is 5.21. The van der Waals surface area contributed by atoms with Crippen molar-refractivity contribution in [2.24, 2.45) is 0 Å². The molecule has 1 saturated heterocycles. The maximum absolute atomic E-state index is 13.0. The number of benzene rings is 1. The van der Waals surface area contributed by atoms with Gasteiger partial charge in [-0.3, -0.25) is 14.6 Å². The van der Waals surface area contributed by atoms with E-state index in [1.165, 1.54) is 0 Å². The van der Waals surface area contributed by atoms with Crippen LogP contribution in [0.25, 0.3) is 5.76 Å². The van der Waals surface area contributed by atoms with Crippen LogP contribution in [-0.2, 0) is 9.59 Å². The third kappa shape index (κ3) is 4.22. The van der Waals surface area contributed by atoms with Gasteiger partial charge in [0.15, 0.2) is 0 Å². The van der Waals surface area contributed by atoms with Crippen LogP contribution in [0.5, 0.6) is 0 Å². The van der Waals surface area contributed by atoms with E-state index < -0.39 is 17.7 Å². The Kier molecular flexibility index (Phi) is 6.13. The smallest absolute Gasteiger partial charge is 0.295 e. The van der Waals surface area contributed by atoms with Gasteiger partial charge in [-0.15, -0.1) is 0 Å². The number of carbonyl (C=O) groups is 2. The number of likely N-dealkylation sites (tertiary alicyclic amines) is 1. The van der Waals surface area contributed by atoms with Gasteiger partial charge < -0.3 is 14.9 Å². The van der Waals surface area contributed by atoms with Crippen molar-refractivity contribution in [3.05, 3.63) is 70.6 Å². The normalized spacial score (nSPS) is 18.7. The largest absolute Gasteiger partial charge is 0.507 e. The Morgan fingerprint density at radius 1 is 1.14 bits per heavy atom. The molecule has 1 amide bonds. The summed E-state index contributed by atoms with van der Waals surface area (Å²) in [5.41, 5.74) is 3.30. The quantitative estimate of drug-likeness (QED) is 0.464. The van der Waals surface area contributed by atoms with Gasteiger partial charge in [0, 0.05) is 24.5 Å². The summed E-state index contributed by atoms with van der Waals surface area (Å²) in [4.78, 5) is 33.5. The molecule has 1 atom stereocenters. The SMILES string of the molecule is Cc1ccc(C)c(C(O)=C2C(=O)C(=O)N(CCCN(C)C)C2c2ccncc2)c1. The fourth-order valence-electron chi connectivity index (χ4n) is 3.70. The monoisotopic (exact) mass is 393 g/mol. The third-order valence-electron chi connectivity index (χ3n) is 5.21. The van der Waals surface area contributed by atoms with Crippen LogP contribution < -0.4 is 0 Å². The van der Waals surface area contributed by atoms with E-state index >= 15 is 0 Å². The highest BCUT2D eigenvalue weighted by atomic mass is 16.3. The Morgan fingerprint density at radius 3 is 2.48 bits per heavy atom. The molecule has 1 N–H and O–H groups in total. The molecule has 0 spiro atoms. The van der Waals surface area contributed by atoms with E-state index in [2.05, 4.69) is 4.98 Å². The van der Waals surface area contributed by atoms with E-state index in [4.69, 9.17) is 0 Å². The first-order chi connectivity index (χ1) is 13.8. The maximum atomic E-state index is 13.0. The van der Waals surface area contributed by atoms with Crippen LogP contribution in [0.15, 0.2) is 48.3 Å². The molecule has 6 nitrogen and oxygen atoms in total. The Labute approximate surface area is 171 Å². The van der Waals surface area contributed by atoms with Gasteiger partial charge in [0.25, 0.3) is 11.7 Å². The molecule has 1 unspecified atom stereocenters. The van der Waals surface area contributed by atoms with Crippen molar-refractivity contribution in [2.45, 2.75) is 26.3 Å². The minimum Gasteiger partial charge on any atom is -0.507 e. The van der Waals surface area contributed by atoms with E-state index in [0.29, 0.717) is 12.1 Å². The predicted molar refractivity (Wildman–Crippen MR) is 112 cm³/mol. The van der Waals surface area contributed by atoms with Gasteiger partial charge in [0.2, 0.25) is 0 Å². The van der Waals surface area contributed by atoms with Crippen molar-refractivity contribution in [1.82, 2.24) is 14.8 Å². The molecule has 1 aliphatic rings. The van der Waals surface area contributed by atoms with Gasteiger partial charge >= 0.3 is 0 Å². The summed E-state index contributed by atoms with van der Waals surface area (Å²) < 4.78 is 0. The highest BCUT2D eigenvalue weighted by Gasteiger charge is 2.45. The highest BCUT2D eigenvalue weighted by molar-refractivity contribution is 6.46. The summed E-state index contributed by atoms with van der Waals surface area (Å²) in [6.45, 7) is 5.03. The first kappa shape index (κ1) is 20.7. The van der Waals surface area contributed by atoms with Gasteiger partial charge in [-0.25, -0.2) is 0 Å². The average Bonchev–Trinajstić information content (AvgIpc) is 2.94. The van der Waals surface area contributed by atoms with Gasteiger partial charge in [-0.2, -0.15) is 0 Å². The van der Waals surface area contributed by atoms with Crippen LogP contribution in [0.4, 0.5) is 0 Å². The minimum atomic E-state index is -0.643. The van der Waals surface area contributed by atoms with Crippen molar-refractivity contribution in [1.29, 1.82) is 0 Å². The number of aromatic nitrogens is 1. The lowest BCUT2D eigenvalue weighted by molar-refractivity contribution is -0.139. The van der Waals surface area contributed by atoms with Crippen molar-refractivity contribution in [3.63, 3.8) is 0 Å². The Morgan fingerprint density at radius 2 is 1.83 bits per heavy atom. The van der Waals surface area contributed by atoms with Gasteiger partial charge in [-0.05, 0) is 70.2 Å². The molecule has 1 aliphatic heterocycles.